The van der Waals surface area contributed by atoms with Crippen LogP contribution in [0.4, 0.5) is 0 Å². The molecule has 2 amide bonds. The number of amides is 2. The highest BCUT2D eigenvalue weighted by Gasteiger charge is 2.42. The topological polar surface area (TPSA) is 82.5 Å². The molecule has 1 aromatic rings. The fourth-order valence-corrected chi connectivity index (χ4v) is 5.64. The van der Waals surface area contributed by atoms with Crippen molar-refractivity contribution in [3.8, 4) is 0 Å². The van der Waals surface area contributed by atoms with Crippen LogP contribution in [0.1, 0.15) is 45.7 Å². The van der Waals surface area contributed by atoms with Crippen LogP contribution >= 0.6 is 23.4 Å². The molecule has 8 nitrogen and oxygen atoms in total. The molecule has 186 valence electrons. The van der Waals surface area contributed by atoms with E-state index in [4.69, 9.17) is 16.3 Å². The molecule has 35 heavy (non-hydrogen) atoms. The van der Waals surface area contributed by atoms with E-state index < -0.39 is 12.0 Å². The van der Waals surface area contributed by atoms with Crippen LogP contribution in [0.25, 0.3) is 0 Å². The van der Waals surface area contributed by atoms with E-state index in [1.807, 2.05) is 28.5 Å². The average Bonchev–Trinajstić information content (AvgIpc) is 3.20. The second-order valence-electron chi connectivity index (χ2n) is 8.93. The van der Waals surface area contributed by atoms with Gasteiger partial charge in [-0.05, 0) is 37.8 Å². The SMILES string of the molecule is CC(=O)N1CCN(C(=O)CC2=CSC3=NC(C)=C(C(=O)OC(C)C)[C@@H](c4ccccc4Cl)N23)CC1. The van der Waals surface area contributed by atoms with Gasteiger partial charge in [-0.15, -0.1) is 0 Å². The molecule has 0 spiro atoms. The predicted molar refractivity (Wildman–Crippen MR) is 137 cm³/mol. The number of thioether (sulfide) groups is 1. The Kier molecular flexibility index (Phi) is 7.56. The molecular formula is C25H29ClN4O4S. The van der Waals surface area contributed by atoms with E-state index in [1.54, 1.807) is 43.6 Å². The van der Waals surface area contributed by atoms with Crippen LogP contribution in [0.3, 0.4) is 0 Å². The summed E-state index contributed by atoms with van der Waals surface area (Å²) in [6.45, 7) is 9.00. The highest BCUT2D eigenvalue weighted by molar-refractivity contribution is 8.16. The van der Waals surface area contributed by atoms with E-state index in [-0.39, 0.29) is 24.3 Å². The van der Waals surface area contributed by atoms with E-state index in [0.29, 0.717) is 47.6 Å². The Balaban J connectivity index is 1.63. The third-order valence-electron chi connectivity index (χ3n) is 6.17. The van der Waals surface area contributed by atoms with Crippen molar-refractivity contribution in [3.63, 3.8) is 0 Å². The number of amidine groups is 1. The van der Waals surface area contributed by atoms with Gasteiger partial charge in [-0.25, -0.2) is 9.79 Å². The zero-order chi connectivity index (χ0) is 25.3. The first-order valence-electron chi connectivity index (χ1n) is 11.6. The molecule has 0 aliphatic carbocycles. The summed E-state index contributed by atoms with van der Waals surface area (Å²) in [6, 6.07) is 6.82. The zero-order valence-electron chi connectivity index (χ0n) is 20.3. The lowest BCUT2D eigenvalue weighted by atomic mass is 9.93. The number of halogens is 1. The first-order valence-corrected chi connectivity index (χ1v) is 12.9. The van der Waals surface area contributed by atoms with Crippen molar-refractivity contribution in [2.75, 3.05) is 26.2 Å². The van der Waals surface area contributed by atoms with Crippen molar-refractivity contribution in [3.05, 3.63) is 57.2 Å². The molecule has 0 radical (unpaired) electrons. The number of benzene rings is 1. The zero-order valence-corrected chi connectivity index (χ0v) is 21.9. The van der Waals surface area contributed by atoms with Gasteiger partial charge in [0.05, 0.1) is 29.8 Å². The number of hydrogen-bond acceptors (Lipinski definition) is 7. The van der Waals surface area contributed by atoms with Gasteiger partial charge in [0.1, 0.15) is 0 Å². The Morgan fingerprint density at radius 2 is 1.80 bits per heavy atom. The number of piperazine rings is 1. The maximum atomic E-state index is 13.2. The molecule has 3 heterocycles. The van der Waals surface area contributed by atoms with Crippen molar-refractivity contribution in [1.29, 1.82) is 0 Å². The van der Waals surface area contributed by atoms with Gasteiger partial charge >= 0.3 is 5.97 Å². The summed E-state index contributed by atoms with van der Waals surface area (Å²) >= 11 is 8.03. The Hall–Kier alpha value is -2.78. The lowest BCUT2D eigenvalue weighted by molar-refractivity contribution is -0.143. The standard InChI is InChI=1S/C25H29ClN4O4S/c1-15(2)34-24(33)22-16(3)27-25-30(23(22)19-7-5-6-8-20(19)26)18(14-35-25)13-21(32)29-11-9-28(10-12-29)17(4)31/h5-8,14-15,23H,9-13H2,1-4H3/t23-/m1/s1. The molecule has 0 aromatic heterocycles. The van der Waals surface area contributed by atoms with Gasteiger partial charge in [0.25, 0.3) is 0 Å². The first kappa shape index (κ1) is 25.3. The van der Waals surface area contributed by atoms with Crippen molar-refractivity contribution in [2.24, 2.45) is 4.99 Å². The maximum Gasteiger partial charge on any atom is 0.338 e. The van der Waals surface area contributed by atoms with E-state index in [1.165, 1.54) is 11.8 Å². The second kappa shape index (κ2) is 10.5. The van der Waals surface area contributed by atoms with Crippen molar-refractivity contribution in [2.45, 2.75) is 46.3 Å². The van der Waals surface area contributed by atoms with Crippen LogP contribution in [0, 0.1) is 0 Å². The Labute approximate surface area is 214 Å². The molecule has 10 heteroatoms. The Bertz CT molecular complexity index is 1140. The quantitative estimate of drug-likeness (QED) is 0.551. The second-order valence-corrected chi connectivity index (χ2v) is 10.2. The lowest BCUT2D eigenvalue weighted by Crippen LogP contribution is -2.50. The number of carbonyl (C=O) groups is 3. The minimum absolute atomic E-state index is 0.0201. The number of rotatable bonds is 5. The molecule has 3 aliphatic rings. The molecule has 0 saturated carbocycles. The monoisotopic (exact) mass is 516 g/mol. The normalized spacial score (nSPS) is 20.1. The van der Waals surface area contributed by atoms with Gasteiger partial charge in [-0.1, -0.05) is 41.6 Å². The number of fused-ring (bicyclic) bond motifs is 1. The van der Waals surface area contributed by atoms with Gasteiger partial charge in [-0.3, -0.25) is 9.59 Å². The molecule has 0 unspecified atom stereocenters. The van der Waals surface area contributed by atoms with Crippen molar-refractivity contribution in [1.82, 2.24) is 14.7 Å². The van der Waals surface area contributed by atoms with E-state index in [9.17, 15) is 14.4 Å². The molecule has 0 bridgehead atoms. The third-order valence-corrected chi connectivity index (χ3v) is 7.41. The molecular weight excluding hydrogens is 488 g/mol. The Morgan fingerprint density at radius 3 is 2.43 bits per heavy atom. The van der Waals surface area contributed by atoms with E-state index in [2.05, 4.69) is 4.99 Å². The maximum absolute atomic E-state index is 13.2. The predicted octanol–water partition coefficient (Wildman–Crippen LogP) is 3.95. The third kappa shape index (κ3) is 5.26. The number of nitrogens with zero attached hydrogens (tertiary/aromatic N) is 4. The number of allylic oxidation sites excluding steroid dienone is 1. The molecule has 1 aromatic carbocycles. The summed E-state index contributed by atoms with van der Waals surface area (Å²) in [5.74, 6) is -0.461. The minimum Gasteiger partial charge on any atom is -0.459 e. The Morgan fingerprint density at radius 1 is 1.14 bits per heavy atom. The highest BCUT2D eigenvalue weighted by Crippen LogP contribution is 2.46. The fraction of sp³-hybridized carbons (Fsp3) is 0.440. The summed E-state index contributed by atoms with van der Waals surface area (Å²) in [7, 11) is 0. The van der Waals surface area contributed by atoms with Crippen LogP contribution in [-0.2, 0) is 19.1 Å². The van der Waals surface area contributed by atoms with Crippen molar-refractivity contribution < 1.29 is 19.1 Å². The highest BCUT2D eigenvalue weighted by atomic mass is 35.5. The van der Waals surface area contributed by atoms with Crippen LogP contribution in [0.15, 0.2) is 51.6 Å². The van der Waals surface area contributed by atoms with Gasteiger partial charge in [0.2, 0.25) is 11.8 Å². The number of carbonyl (C=O) groups excluding carboxylic acids is 3. The van der Waals surface area contributed by atoms with Gasteiger partial charge in [0, 0.05) is 43.8 Å². The van der Waals surface area contributed by atoms with Gasteiger partial charge < -0.3 is 19.4 Å². The van der Waals surface area contributed by atoms with Crippen molar-refractivity contribution >= 4 is 46.3 Å². The summed E-state index contributed by atoms with van der Waals surface area (Å²) < 4.78 is 5.57. The molecule has 1 saturated heterocycles. The number of ether oxygens (including phenoxy) is 1. The lowest BCUT2D eigenvalue weighted by Gasteiger charge is -2.38. The minimum atomic E-state index is -0.564. The average molecular weight is 517 g/mol. The first-order chi connectivity index (χ1) is 16.7. The summed E-state index contributed by atoms with van der Waals surface area (Å²) in [4.78, 5) is 48.2. The van der Waals surface area contributed by atoms with E-state index >= 15 is 0 Å². The number of esters is 1. The molecule has 0 N–H and O–H groups in total. The largest absolute Gasteiger partial charge is 0.459 e. The van der Waals surface area contributed by atoms with Crippen LogP contribution in [-0.4, -0.2) is 69.9 Å². The summed E-state index contributed by atoms with van der Waals surface area (Å²) in [6.07, 6.45) is -0.142. The molecule has 1 atom stereocenters. The molecule has 4 rings (SSSR count). The van der Waals surface area contributed by atoms with Crippen LogP contribution < -0.4 is 0 Å². The van der Waals surface area contributed by atoms with Crippen LogP contribution in [0.2, 0.25) is 5.02 Å². The smallest absolute Gasteiger partial charge is 0.338 e. The summed E-state index contributed by atoms with van der Waals surface area (Å²) in [5, 5.41) is 3.12. The van der Waals surface area contributed by atoms with Gasteiger partial charge in [-0.2, -0.15) is 0 Å². The fourth-order valence-electron chi connectivity index (χ4n) is 4.44. The molecule has 1 fully saturated rings. The summed E-state index contributed by atoms with van der Waals surface area (Å²) in [5.41, 5.74) is 2.47. The molecule has 3 aliphatic heterocycles. The van der Waals surface area contributed by atoms with Gasteiger partial charge in [0.15, 0.2) is 5.17 Å². The van der Waals surface area contributed by atoms with Crippen LogP contribution in [0.5, 0.6) is 0 Å². The number of hydrogen-bond donors (Lipinski definition) is 0. The van der Waals surface area contributed by atoms with E-state index in [0.717, 1.165) is 11.3 Å². The number of aliphatic imine (C=N–C) groups is 1.